The van der Waals surface area contributed by atoms with Gasteiger partial charge < -0.3 is 14.7 Å². The van der Waals surface area contributed by atoms with E-state index < -0.39 is 11.6 Å². The van der Waals surface area contributed by atoms with E-state index in [2.05, 4.69) is 11.8 Å². The zero-order valence-corrected chi connectivity index (χ0v) is 10.5. The second-order valence-corrected chi connectivity index (χ2v) is 4.56. The van der Waals surface area contributed by atoms with Gasteiger partial charge >= 0.3 is 5.97 Å². The Hall–Kier alpha value is -0.320. The van der Waals surface area contributed by atoms with Gasteiger partial charge in [-0.15, -0.1) is 11.6 Å². The lowest BCUT2D eigenvalue weighted by atomic mass is 9.91. The molecule has 1 N–H and O–H groups in total. The number of carbonyl (C=O) groups is 1. The number of carboxylic acids is 1. The summed E-state index contributed by atoms with van der Waals surface area (Å²) in [5.41, 5.74) is -1.00. The number of likely N-dealkylation sites (tertiary alicyclic amines) is 1. The molecule has 5 heteroatoms. The average molecular weight is 250 g/mol. The number of carboxylic acid groups (broad SMARTS) is 1. The molecule has 1 saturated heterocycles. The van der Waals surface area contributed by atoms with Crippen LogP contribution in [0, 0.1) is 0 Å². The Labute approximate surface area is 102 Å². The van der Waals surface area contributed by atoms with Crippen LogP contribution in [0.1, 0.15) is 26.2 Å². The molecule has 94 valence electrons. The first kappa shape index (κ1) is 13.7. The number of halogens is 1. The van der Waals surface area contributed by atoms with E-state index in [0.29, 0.717) is 25.3 Å². The number of nitrogens with zero attached hydrogens (tertiary/aromatic N) is 1. The van der Waals surface area contributed by atoms with Crippen molar-refractivity contribution < 1.29 is 14.6 Å². The molecule has 1 fully saturated rings. The predicted molar refractivity (Wildman–Crippen MR) is 63.0 cm³/mol. The Morgan fingerprint density at radius 1 is 1.50 bits per heavy atom. The minimum atomic E-state index is -1.00. The summed E-state index contributed by atoms with van der Waals surface area (Å²) in [6.45, 7) is 5.06. The normalized spacial score (nSPS) is 20.9. The van der Waals surface area contributed by atoms with Crippen molar-refractivity contribution in [2.45, 2.75) is 31.8 Å². The van der Waals surface area contributed by atoms with Crippen LogP contribution in [0.2, 0.25) is 0 Å². The number of hydrogen-bond acceptors (Lipinski definition) is 3. The van der Waals surface area contributed by atoms with E-state index >= 15 is 0 Å². The fraction of sp³-hybridized carbons (Fsp3) is 0.909. The second-order valence-electron chi connectivity index (χ2n) is 4.18. The minimum Gasteiger partial charge on any atom is -0.479 e. The second kappa shape index (κ2) is 6.42. The smallest absolute Gasteiger partial charge is 0.336 e. The summed E-state index contributed by atoms with van der Waals surface area (Å²) in [7, 11) is 0. The molecule has 1 aliphatic rings. The van der Waals surface area contributed by atoms with Crippen molar-refractivity contribution in [3.8, 4) is 0 Å². The third kappa shape index (κ3) is 3.34. The molecule has 0 amide bonds. The largest absolute Gasteiger partial charge is 0.479 e. The summed E-state index contributed by atoms with van der Waals surface area (Å²) in [4.78, 5) is 13.5. The number of ether oxygens (including phenoxy) is 1. The molecule has 0 bridgehead atoms. The first-order valence-corrected chi connectivity index (χ1v) is 6.34. The Kier molecular flexibility index (Phi) is 5.52. The lowest BCUT2D eigenvalue weighted by molar-refractivity contribution is -0.172. The molecule has 0 aromatic carbocycles. The van der Waals surface area contributed by atoms with Crippen LogP contribution in [0.15, 0.2) is 0 Å². The number of rotatable bonds is 6. The first-order chi connectivity index (χ1) is 7.64. The highest BCUT2D eigenvalue weighted by molar-refractivity contribution is 6.18. The van der Waals surface area contributed by atoms with Gasteiger partial charge in [-0.1, -0.05) is 6.92 Å². The molecule has 0 radical (unpaired) electrons. The summed E-state index contributed by atoms with van der Waals surface area (Å²) < 4.78 is 5.45. The zero-order valence-electron chi connectivity index (χ0n) is 9.75. The van der Waals surface area contributed by atoms with Crippen LogP contribution in [0.25, 0.3) is 0 Å². The third-order valence-electron chi connectivity index (χ3n) is 3.05. The average Bonchev–Trinajstić information content (AvgIpc) is 2.28. The summed E-state index contributed by atoms with van der Waals surface area (Å²) in [6, 6.07) is 0. The van der Waals surface area contributed by atoms with Gasteiger partial charge in [0.1, 0.15) is 0 Å². The molecule has 0 atom stereocenters. The van der Waals surface area contributed by atoms with Crippen LogP contribution < -0.4 is 0 Å². The van der Waals surface area contributed by atoms with Crippen molar-refractivity contribution in [3.05, 3.63) is 0 Å². The van der Waals surface area contributed by atoms with Gasteiger partial charge in [0, 0.05) is 19.0 Å². The fourth-order valence-electron chi connectivity index (χ4n) is 2.11. The predicted octanol–water partition coefficient (Wildman–Crippen LogP) is 1.57. The summed E-state index contributed by atoms with van der Waals surface area (Å²) in [5, 5.41) is 9.24. The van der Waals surface area contributed by atoms with Gasteiger partial charge in [-0.2, -0.15) is 0 Å². The quantitative estimate of drug-likeness (QED) is 0.726. The van der Waals surface area contributed by atoms with E-state index in [1.807, 2.05) is 0 Å². The molecule has 0 spiro atoms. The summed E-state index contributed by atoms with van der Waals surface area (Å²) in [5.74, 6) is -0.512. The standard InChI is InChI=1S/C11H20ClNO3/c1-2-6-13-7-3-11(4-8-13,10(14)15)16-9-5-12/h2-9H2,1H3,(H,14,15). The molecule has 0 unspecified atom stereocenters. The summed E-state index contributed by atoms with van der Waals surface area (Å²) >= 11 is 5.54. The van der Waals surface area contributed by atoms with E-state index in [4.69, 9.17) is 16.3 Å². The highest BCUT2D eigenvalue weighted by Gasteiger charge is 2.42. The minimum absolute atomic E-state index is 0.307. The lowest BCUT2D eigenvalue weighted by Gasteiger charge is -2.38. The van der Waals surface area contributed by atoms with Crippen molar-refractivity contribution in [1.82, 2.24) is 4.90 Å². The van der Waals surface area contributed by atoms with Gasteiger partial charge in [-0.3, -0.25) is 0 Å². The van der Waals surface area contributed by atoms with Crippen LogP contribution in [-0.4, -0.2) is 53.7 Å². The number of aliphatic carboxylic acids is 1. The van der Waals surface area contributed by atoms with Crippen LogP contribution in [0.5, 0.6) is 0 Å². The number of piperidine rings is 1. The van der Waals surface area contributed by atoms with Crippen molar-refractivity contribution in [2.75, 3.05) is 32.1 Å². The molecule has 4 nitrogen and oxygen atoms in total. The van der Waals surface area contributed by atoms with Crippen molar-refractivity contribution in [3.63, 3.8) is 0 Å². The number of hydrogen-bond donors (Lipinski definition) is 1. The van der Waals surface area contributed by atoms with E-state index in [1.54, 1.807) is 0 Å². The van der Waals surface area contributed by atoms with Gasteiger partial charge in [-0.05, 0) is 25.8 Å². The lowest BCUT2D eigenvalue weighted by Crippen LogP contribution is -2.51. The van der Waals surface area contributed by atoms with Crippen molar-refractivity contribution in [1.29, 1.82) is 0 Å². The van der Waals surface area contributed by atoms with Gasteiger partial charge in [0.25, 0.3) is 0 Å². The van der Waals surface area contributed by atoms with Crippen LogP contribution in [-0.2, 0) is 9.53 Å². The first-order valence-electron chi connectivity index (χ1n) is 5.80. The third-order valence-corrected chi connectivity index (χ3v) is 3.20. The molecule has 0 saturated carbocycles. The van der Waals surface area contributed by atoms with Gasteiger partial charge in [0.05, 0.1) is 6.61 Å². The highest BCUT2D eigenvalue weighted by Crippen LogP contribution is 2.27. The zero-order chi connectivity index (χ0) is 12.0. The Bertz CT molecular complexity index is 227. The van der Waals surface area contributed by atoms with E-state index in [1.165, 1.54) is 0 Å². The Morgan fingerprint density at radius 3 is 2.56 bits per heavy atom. The summed E-state index contributed by atoms with van der Waals surface area (Å²) in [6.07, 6.45) is 2.21. The highest BCUT2D eigenvalue weighted by atomic mass is 35.5. The van der Waals surface area contributed by atoms with Crippen LogP contribution in [0.4, 0.5) is 0 Å². The molecule has 1 rings (SSSR count). The molecular formula is C11H20ClNO3. The maximum atomic E-state index is 11.3. The van der Waals surface area contributed by atoms with Crippen LogP contribution >= 0.6 is 11.6 Å². The Morgan fingerprint density at radius 2 is 2.12 bits per heavy atom. The molecule has 1 heterocycles. The number of alkyl halides is 1. The van der Waals surface area contributed by atoms with Crippen molar-refractivity contribution >= 4 is 17.6 Å². The fourth-order valence-corrected chi connectivity index (χ4v) is 2.19. The molecule has 0 aliphatic carbocycles. The molecule has 0 aromatic heterocycles. The Balaban J connectivity index is 2.52. The molecule has 16 heavy (non-hydrogen) atoms. The topological polar surface area (TPSA) is 49.8 Å². The molecule has 1 aliphatic heterocycles. The molecular weight excluding hydrogens is 230 g/mol. The maximum absolute atomic E-state index is 11.3. The van der Waals surface area contributed by atoms with E-state index in [-0.39, 0.29) is 0 Å². The van der Waals surface area contributed by atoms with Gasteiger partial charge in [0.2, 0.25) is 0 Å². The van der Waals surface area contributed by atoms with Crippen molar-refractivity contribution in [2.24, 2.45) is 0 Å². The monoisotopic (exact) mass is 249 g/mol. The maximum Gasteiger partial charge on any atom is 0.336 e. The van der Waals surface area contributed by atoms with E-state index in [0.717, 1.165) is 26.1 Å². The van der Waals surface area contributed by atoms with Gasteiger partial charge in [-0.25, -0.2) is 4.79 Å². The van der Waals surface area contributed by atoms with Crippen LogP contribution in [0.3, 0.4) is 0 Å². The van der Waals surface area contributed by atoms with Gasteiger partial charge in [0.15, 0.2) is 5.60 Å². The van der Waals surface area contributed by atoms with E-state index in [9.17, 15) is 9.90 Å². The molecule has 0 aromatic rings. The SMILES string of the molecule is CCCN1CCC(OCCCl)(C(=O)O)CC1.